The molecule has 7 nitrogen and oxygen atoms in total. The number of ether oxygens (including phenoxy) is 1. The van der Waals surface area contributed by atoms with Gasteiger partial charge in [0.05, 0.1) is 30.2 Å². The number of carbonyl (C=O) groups is 1. The van der Waals surface area contributed by atoms with Gasteiger partial charge in [-0.3, -0.25) is 10.00 Å². The van der Waals surface area contributed by atoms with Gasteiger partial charge in [-0.1, -0.05) is 6.92 Å². The van der Waals surface area contributed by atoms with Crippen LogP contribution in [0.2, 0.25) is 0 Å². The van der Waals surface area contributed by atoms with Crippen LogP contribution in [0, 0.1) is 6.92 Å². The lowest BCUT2D eigenvalue weighted by molar-refractivity contribution is 0.0697. The van der Waals surface area contributed by atoms with Crippen LogP contribution < -0.4 is 9.64 Å². The summed E-state index contributed by atoms with van der Waals surface area (Å²) >= 11 is 1.60. The zero-order valence-electron chi connectivity index (χ0n) is 17.4. The summed E-state index contributed by atoms with van der Waals surface area (Å²) in [6.07, 6.45) is 4.26. The van der Waals surface area contributed by atoms with Crippen LogP contribution in [0.3, 0.4) is 0 Å². The van der Waals surface area contributed by atoms with Gasteiger partial charge in [0.1, 0.15) is 16.6 Å². The number of anilines is 3. The van der Waals surface area contributed by atoms with E-state index in [0.29, 0.717) is 17.3 Å². The Bertz CT molecular complexity index is 1200. The van der Waals surface area contributed by atoms with Crippen LogP contribution in [0.5, 0.6) is 5.75 Å². The van der Waals surface area contributed by atoms with Crippen LogP contribution in [0.4, 0.5) is 17.2 Å². The highest BCUT2D eigenvalue weighted by Crippen LogP contribution is 2.41. The maximum Gasteiger partial charge on any atom is 0.337 e. The van der Waals surface area contributed by atoms with Crippen LogP contribution in [-0.2, 0) is 6.42 Å². The molecule has 0 amide bonds. The summed E-state index contributed by atoms with van der Waals surface area (Å²) in [5.41, 5.74) is 4.74. The van der Waals surface area contributed by atoms with Gasteiger partial charge in [0.15, 0.2) is 0 Å². The summed E-state index contributed by atoms with van der Waals surface area (Å²) in [5.74, 6) is 0.113. The molecule has 0 saturated carbocycles. The fraction of sp³-hybridized carbons (Fsp3) is 0.174. The highest BCUT2D eigenvalue weighted by Gasteiger charge is 2.24. The second kappa shape index (κ2) is 8.61. The summed E-state index contributed by atoms with van der Waals surface area (Å²) in [6.45, 7) is 4.11. The third-order valence-corrected chi connectivity index (χ3v) is 5.91. The van der Waals surface area contributed by atoms with Crippen molar-refractivity contribution in [2.24, 2.45) is 0 Å². The molecule has 0 aliphatic heterocycles. The van der Waals surface area contributed by atoms with Crippen molar-refractivity contribution in [3.05, 3.63) is 70.9 Å². The first-order valence-electron chi connectivity index (χ1n) is 9.77. The number of hydrogen-bond donors (Lipinski definition) is 2. The van der Waals surface area contributed by atoms with E-state index in [-0.39, 0.29) is 5.56 Å². The third kappa shape index (κ3) is 3.89. The van der Waals surface area contributed by atoms with Gasteiger partial charge in [-0.15, -0.1) is 11.3 Å². The van der Waals surface area contributed by atoms with Gasteiger partial charge >= 0.3 is 5.97 Å². The molecule has 0 spiro atoms. The van der Waals surface area contributed by atoms with Gasteiger partial charge in [-0.05, 0) is 54.8 Å². The maximum atomic E-state index is 12.1. The van der Waals surface area contributed by atoms with Gasteiger partial charge in [0, 0.05) is 23.2 Å². The predicted molar refractivity (Wildman–Crippen MR) is 122 cm³/mol. The largest absolute Gasteiger partial charge is 0.497 e. The lowest BCUT2D eigenvalue weighted by Crippen LogP contribution is -2.16. The molecule has 0 unspecified atom stereocenters. The fourth-order valence-corrected chi connectivity index (χ4v) is 4.29. The second-order valence-corrected chi connectivity index (χ2v) is 7.85. The molecule has 8 heteroatoms. The molecular weight excluding hydrogens is 412 g/mol. The maximum absolute atomic E-state index is 12.1. The van der Waals surface area contributed by atoms with Crippen molar-refractivity contribution in [1.82, 2.24) is 15.2 Å². The third-order valence-electron chi connectivity index (χ3n) is 5.11. The Hall–Kier alpha value is -3.65. The molecule has 2 aromatic carbocycles. The van der Waals surface area contributed by atoms with Crippen LogP contribution >= 0.6 is 11.3 Å². The molecule has 2 aromatic heterocycles. The molecular formula is C23H22N4O3S. The number of aromatic carboxylic acids is 1. The van der Waals surface area contributed by atoms with Crippen molar-refractivity contribution in [2.45, 2.75) is 20.3 Å². The smallest absolute Gasteiger partial charge is 0.337 e. The number of carboxylic acids is 1. The Morgan fingerprint density at radius 2 is 2.03 bits per heavy atom. The van der Waals surface area contributed by atoms with E-state index >= 15 is 0 Å². The Morgan fingerprint density at radius 3 is 2.65 bits per heavy atom. The molecule has 0 radical (unpaired) electrons. The van der Waals surface area contributed by atoms with E-state index in [4.69, 9.17) is 4.74 Å². The molecule has 158 valence electrons. The van der Waals surface area contributed by atoms with Gasteiger partial charge in [0.25, 0.3) is 0 Å². The Balaban J connectivity index is 1.95. The Morgan fingerprint density at radius 1 is 1.19 bits per heavy atom. The first kappa shape index (κ1) is 20.6. The lowest BCUT2D eigenvalue weighted by Gasteiger charge is -2.27. The van der Waals surface area contributed by atoms with Crippen molar-refractivity contribution in [2.75, 3.05) is 12.0 Å². The minimum absolute atomic E-state index is 0.135. The van der Waals surface area contributed by atoms with Crippen LogP contribution in [0.1, 0.15) is 28.4 Å². The van der Waals surface area contributed by atoms with Gasteiger partial charge in [-0.2, -0.15) is 5.10 Å². The summed E-state index contributed by atoms with van der Waals surface area (Å²) < 4.78 is 5.25. The summed E-state index contributed by atoms with van der Waals surface area (Å²) in [7, 11) is 1.52. The van der Waals surface area contributed by atoms with E-state index in [9.17, 15) is 9.90 Å². The number of hydrogen-bond acceptors (Lipinski definition) is 6. The predicted octanol–water partition coefficient (Wildman–Crippen LogP) is 5.58. The Labute approximate surface area is 184 Å². The number of nitrogens with zero attached hydrogens (tertiary/aromatic N) is 3. The van der Waals surface area contributed by atoms with Crippen LogP contribution in [0.15, 0.2) is 54.2 Å². The number of methoxy groups -OCH3 is 1. The molecule has 4 rings (SSSR count). The van der Waals surface area contributed by atoms with Crippen molar-refractivity contribution in [1.29, 1.82) is 0 Å². The molecule has 0 saturated heterocycles. The quantitative estimate of drug-likeness (QED) is 0.394. The molecule has 0 fully saturated rings. The fourth-order valence-electron chi connectivity index (χ4n) is 3.60. The zero-order valence-corrected chi connectivity index (χ0v) is 18.2. The molecule has 2 N–H and O–H groups in total. The van der Waals surface area contributed by atoms with E-state index in [2.05, 4.69) is 34.2 Å². The molecule has 0 atom stereocenters. The van der Waals surface area contributed by atoms with Crippen molar-refractivity contribution in [3.63, 3.8) is 0 Å². The normalized spacial score (nSPS) is 10.8. The average molecular weight is 435 g/mol. The number of aromatic amines is 1. The molecule has 0 bridgehead atoms. The average Bonchev–Trinajstić information content (AvgIpc) is 3.49. The molecule has 4 aromatic rings. The van der Waals surface area contributed by atoms with Crippen LogP contribution in [0.25, 0.3) is 10.6 Å². The summed E-state index contributed by atoms with van der Waals surface area (Å²) in [5, 5.41) is 19.9. The zero-order chi connectivity index (χ0) is 22.0. The van der Waals surface area contributed by atoms with E-state index < -0.39 is 5.97 Å². The SMILES string of the molecule is CCc1cc(N(c2ccn[nH]2)c2ccc(OC)cc2C(=O)O)c(C)cc1-c1nccs1. The molecule has 2 heterocycles. The van der Waals surface area contributed by atoms with Crippen molar-refractivity contribution in [3.8, 4) is 16.3 Å². The van der Waals surface area contributed by atoms with Gasteiger partial charge in [0.2, 0.25) is 0 Å². The van der Waals surface area contributed by atoms with E-state index in [1.165, 1.54) is 13.2 Å². The monoisotopic (exact) mass is 434 g/mol. The molecule has 31 heavy (non-hydrogen) atoms. The highest BCUT2D eigenvalue weighted by molar-refractivity contribution is 7.13. The number of aromatic nitrogens is 3. The summed E-state index contributed by atoms with van der Waals surface area (Å²) in [4.78, 5) is 18.5. The second-order valence-electron chi connectivity index (χ2n) is 6.95. The number of nitrogens with one attached hydrogen (secondary N) is 1. The number of rotatable bonds is 7. The number of carboxylic acid groups (broad SMARTS) is 1. The standard InChI is InChI=1S/C23H22N4O3S/c1-4-15-12-20(14(2)11-17(15)22-24-9-10-31-22)27(21-7-8-25-26-21)19-6-5-16(30-3)13-18(19)23(28)29/h5-13H,4H2,1-3H3,(H,25,26)(H,28,29). The van der Waals surface area contributed by atoms with Crippen LogP contribution in [-0.4, -0.2) is 33.4 Å². The lowest BCUT2D eigenvalue weighted by atomic mass is 9.99. The van der Waals surface area contributed by atoms with Crippen molar-refractivity contribution < 1.29 is 14.6 Å². The number of aryl methyl sites for hydroxylation is 2. The van der Waals surface area contributed by atoms with E-state index in [1.54, 1.807) is 35.9 Å². The van der Waals surface area contributed by atoms with Gasteiger partial charge in [-0.25, -0.2) is 9.78 Å². The topological polar surface area (TPSA) is 91.3 Å². The Kier molecular flexibility index (Phi) is 5.73. The first-order valence-corrected chi connectivity index (χ1v) is 10.7. The highest BCUT2D eigenvalue weighted by atomic mass is 32.1. The van der Waals surface area contributed by atoms with Crippen molar-refractivity contribution >= 4 is 34.5 Å². The van der Waals surface area contributed by atoms with E-state index in [0.717, 1.165) is 33.8 Å². The minimum Gasteiger partial charge on any atom is -0.497 e. The molecule has 0 aliphatic rings. The number of H-pyrrole nitrogens is 1. The molecule has 0 aliphatic carbocycles. The van der Waals surface area contributed by atoms with Gasteiger partial charge < -0.3 is 9.84 Å². The number of benzene rings is 2. The van der Waals surface area contributed by atoms with E-state index in [1.807, 2.05) is 23.3 Å². The first-order chi connectivity index (χ1) is 15.0. The minimum atomic E-state index is -1.04. The number of thiazole rings is 1. The summed E-state index contributed by atoms with van der Waals surface area (Å²) in [6, 6.07) is 11.1.